The molecular formula is C14H18ClNO2. The van der Waals surface area contributed by atoms with Crippen LogP contribution in [0.1, 0.15) is 47.1 Å². The summed E-state index contributed by atoms with van der Waals surface area (Å²) in [6.45, 7) is 4.07. The fraction of sp³-hybridized carbons (Fsp3) is 0.643. The molecule has 0 aliphatic carbocycles. The minimum Gasteiger partial charge on any atom is -0.373 e. The van der Waals surface area contributed by atoms with E-state index in [4.69, 9.17) is 16.3 Å². The van der Waals surface area contributed by atoms with Crippen LogP contribution >= 0.6 is 11.6 Å². The molecule has 3 rings (SSSR count). The second-order valence-electron chi connectivity index (χ2n) is 5.39. The second-order valence-corrected chi connectivity index (χ2v) is 5.66. The molecule has 1 aromatic heterocycles. The summed E-state index contributed by atoms with van der Waals surface area (Å²) in [5.74, 6) is 0.0671. The molecule has 3 heterocycles. The highest BCUT2D eigenvalue weighted by Crippen LogP contribution is 2.43. The number of rotatable bonds is 3. The Balaban J connectivity index is 1.97. The lowest BCUT2D eigenvalue weighted by molar-refractivity contribution is 0.0932. The monoisotopic (exact) mass is 267 g/mol. The summed E-state index contributed by atoms with van der Waals surface area (Å²) in [5.41, 5.74) is 2.95. The van der Waals surface area contributed by atoms with Crippen LogP contribution in [-0.4, -0.2) is 28.4 Å². The highest BCUT2D eigenvalue weighted by Gasteiger charge is 2.42. The van der Waals surface area contributed by atoms with Crippen molar-refractivity contribution < 1.29 is 9.53 Å². The SMILES string of the molecule is Cc1cc(C(=O)CCl)c(C)n1C1CC2CCC1O2. The number of nitrogens with zero attached hydrogens (tertiary/aromatic N) is 1. The van der Waals surface area contributed by atoms with E-state index in [0.29, 0.717) is 18.2 Å². The molecule has 2 fully saturated rings. The van der Waals surface area contributed by atoms with Gasteiger partial charge < -0.3 is 9.30 Å². The predicted molar refractivity (Wildman–Crippen MR) is 70.5 cm³/mol. The van der Waals surface area contributed by atoms with Gasteiger partial charge in [-0.1, -0.05) is 0 Å². The zero-order chi connectivity index (χ0) is 12.9. The summed E-state index contributed by atoms with van der Waals surface area (Å²) < 4.78 is 8.19. The van der Waals surface area contributed by atoms with Gasteiger partial charge in [-0.3, -0.25) is 4.79 Å². The summed E-state index contributed by atoms with van der Waals surface area (Å²) >= 11 is 5.66. The van der Waals surface area contributed by atoms with E-state index in [1.54, 1.807) is 0 Å². The van der Waals surface area contributed by atoms with E-state index in [9.17, 15) is 4.79 Å². The Bertz CT molecular complexity index is 494. The minimum atomic E-state index is 0.0140. The van der Waals surface area contributed by atoms with Crippen LogP contribution in [0.25, 0.3) is 0 Å². The van der Waals surface area contributed by atoms with Gasteiger partial charge >= 0.3 is 0 Å². The van der Waals surface area contributed by atoms with E-state index in [-0.39, 0.29) is 11.7 Å². The summed E-state index contributed by atoms with van der Waals surface area (Å²) in [5, 5.41) is 0. The Labute approximate surface area is 112 Å². The van der Waals surface area contributed by atoms with E-state index in [0.717, 1.165) is 29.8 Å². The van der Waals surface area contributed by atoms with Crippen LogP contribution in [0.4, 0.5) is 0 Å². The van der Waals surface area contributed by atoms with Crippen LogP contribution in [0.2, 0.25) is 0 Å². The second kappa shape index (κ2) is 4.39. The third kappa shape index (κ3) is 1.72. The Morgan fingerprint density at radius 3 is 2.83 bits per heavy atom. The van der Waals surface area contributed by atoms with Crippen molar-refractivity contribution in [3.05, 3.63) is 23.0 Å². The number of aryl methyl sites for hydroxylation is 1. The molecule has 3 unspecified atom stereocenters. The number of fused-ring (bicyclic) bond motifs is 2. The van der Waals surface area contributed by atoms with Crippen LogP contribution in [-0.2, 0) is 4.74 Å². The summed E-state index contributed by atoms with van der Waals surface area (Å²) in [4.78, 5) is 11.8. The number of hydrogen-bond donors (Lipinski definition) is 0. The number of carbonyl (C=O) groups is 1. The zero-order valence-corrected chi connectivity index (χ0v) is 11.5. The van der Waals surface area contributed by atoms with Crippen molar-refractivity contribution in [1.82, 2.24) is 4.57 Å². The van der Waals surface area contributed by atoms with Gasteiger partial charge in [0.25, 0.3) is 0 Å². The van der Waals surface area contributed by atoms with Crippen LogP contribution in [0.3, 0.4) is 0 Å². The van der Waals surface area contributed by atoms with Gasteiger partial charge in [0.15, 0.2) is 5.78 Å². The number of carbonyl (C=O) groups excluding carboxylic acids is 1. The number of Topliss-reactive ketones (excluding diaryl/α,β-unsaturated/α-hetero) is 1. The lowest BCUT2D eigenvalue weighted by atomic mass is 9.95. The van der Waals surface area contributed by atoms with Crippen LogP contribution in [0, 0.1) is 13.8 Å². The zero-order valence-electron chi connectivity index (χ0n) is 10.8. The van der Waals surface area contributed by atoms with Gasteiger partial charge in [-0.05, 0) is 39.2 Å². The van der Waals surface area contributed by atoms with Crippen molar-refractivity contribution >= 4 is 17.4 Å². The molecule has 2 aliphatic rings. The van der Waals surface area contributed by atoms with Crippen LogP contribution in [0.15, 0.2) is 6.07 Å². The summed E-state index contributed by atoms with van der Waals surface area (Å²) in [6, 6.07) is 2.37. The van der Waals surface area contributed by atoms with Crippen LogP contribution in [0.5, 0.6) is 0 Å². The molecule has 2 bridgehead atoms. The van der Waals surface area contributed by atoms with Gasteiger partial charge in [0.1, 0.15) is 0 Å². The third-order valence-corrected chi connectivity index (χ3v) is 4.55. The Morgan fingerprint density at radius 2 is 2.28 bits per heavy atom. The number of halogens is 1. The van der Waals surface area contributed by atoms with Gasteiger partial charge in [0, 0.05) is 17.0 Å². The van der Waals surface area contributed by atoms with E-state index in [1.807, 2.05) is 13.0 Å². The van der Waals surface area contributed by atoms with E-state index in [1.165, 1.54) is 6.42 Å². The maximum Gasteiger partial charge on any atom is 0.179 e. The maximum absolute atomic E-state index is 11.8. The van der Waals surface area contributed by atoms with E-state index in [2.05, 4.69) is 11.5 Å². The lowest BCUT2D eigenvalue weighted by Crippen LogP contribution is -2.23. The number of aromatic nitrogens is 1. The minimum absolute atomic E-state index is 0.0140. The van der Waals surface area contributed by atoms with Gasteiger partial charge in [-0.25, -0.2) is 0 Å². The molecule has 2 aliphatic heterocycles. The first-order chi connectivity index (χ1) is 8.61. The van der Waals surface area contributed by atoms with Crippen molar-refractivity contribution in [2.24, 2.45) is 0 Å². The van der Waals surface area contributed by atoms with Gasteiger partial charge in [0.2, 0.25) is 0 Å². The smallest absolute Gasteiger partial charge is 0.179 e. The van der Waals surface area contributed by atoms with Crippen molar-refractivity contribution in [3.8, 4) is 0 Å². The molecule has 18 heavy (non-hydrogen) atoms. The highest BCUT2D eigenvalue weighted by atomic mass is 35.5. The quantitative estimate of drug-likeness (QED) is 0.623. The molecule has 3 atom stereocenters. The van der Waals surface area contributed by atoms with E-state index >= 15 is 0 Å². The highest BCUT2D eigenvalue weighted by molar-refractivity contribution is 6.30. The topological polar surface area (TPSA) is 31.2 Å². The maximum atomic E-state index is 11.8. The molecule has 0 spiro atoms. The standard InChI is InChI=1S/C14H18ClNO2/c1-8-5-11(13(17)7-15)9(2)16(8)12-6-10-3-4-14(12)18-10/h5,10,12,14H,3-4,6-7H2,1-2H3. The van der Waals surface area contributed by atoms with Crippen molar-refractivity contribution in [3.63, 3.8) is 0 Å². The molecule has 4 heteroatoms. The van der Waals surface area contributed by atoms with Crippen molar-refractivity contribution in [2.75, 3.05) is 5.88 Å². The fourth-order valence-corrected chi connectivity index (χ4v) is 3.67. The average Bonchev–Trinajstić information content (AvgIpc) is 3.03. The average molecular weight is 268 g/mol. The van der Waals surface area contributed by atoms with Gasteiger partial charge in [-0.15, -0.1) is 11.6 Å². The first-order valence-corrected chi connectivity index (χ1v) is 7.08. The first kappa shape index (κ1) is 12.2. The Hall–Kier alpha value is -0.800. The molecule has 0 radical (unpaired) electrons. The van der Waals surface area contributed by atoms with Gasteiger partial charge in [-0.2, -0.15) is 0 Å². The number of ether oxygens (including phenoxy) is 1. The summed E-state index contributed by atoms with van der Waals surface area (Å²) in [7, 11) is 0. The number of hydrogen-bond acceptors (Lipinski definition) is 2. The molecule has 98 valence electrons. The molecular weight excluding hydrogens is 250 g/mol. The number of alkyl halides is 1. The largest absolute Gasteiger partial charge is 0.373 e. The third-order valence-electron chi connectivity index (χ3n) is 4.31. The molecule has 3 nitrogen and oxygen atoms in total. The number of ketones is 1. The molecule has 1 aromatic rings. The Morgan fingerprint density at radius 1 is 1.50 bits per heavy atom. The molecule has 0 N–H and O–H groups in total. The molecule has 0 saturated carbocycles. The normalized spacial score (nSPS) is 30.1. The molecule has 2 saturated heterocycles. The van der Waals surface area contributed by atoms with Crippen LogP contribution < -0.4 is 0 Å². The van der Waals surface area contributed by atoms with E-state index < -0.39 is 0 Å². The predicted octanol–water partition coefficient (Wildman–Crippen LogP) is 3.02. The lowest BCUT2D eigenvalue weighted by Gasteiger charge is -2.24. The molecule has 0 aromatic carbocycles. The fourth-order valence-electron chi connectivity index (χ4n) is 3.52. The first-order valence-electron chi connectivity index (χ1n) is 6.55. The summed E-state index contributed by atoms with van der Waals surface area (Å²) in [6.07, 6.45) is 4.17. The molecule has 0 amide bonds. The van der Waals surface area contributed by atoms with Crippen molar-refractivity contribution in [1.29, 1.82) is 0 Å². The van der Waals surface area contributed by atoms with Crippen molar-refractivity contribution in [2.45, 2.75) is 51.4 Å². The van der Waals surface area contributed by atoms with Gasteiger partial charge in [0.05, 0.1) is 24.1 Å². The Kier molecular flexibility index (Phi) is 2.99.